The molecule has 0 amide bonds. The van der Waals surface area contributed by atoms with Gasteiger partial charge in [0.05, 0.1) is 0 Å². The summed E-state index contributed by atoms with van der Waals surface area (Å²) in [6.45, 7) is 9.02. The summed E-state index contributed by atoms with van der Waals surface area (Å²) in [6.07, 6.45) is 5.17. The Morgan fingerprint density at radius 3 is 2.56 bits per heavy atom. The molecule has 142 valence electrons. The van der Waals surface area contributed by atoms with Crippen molar-refractivity contribution >= 4 is 10.9 Å². The van der Waals surface area contributed by atoms with Crippen LogP contribution < -0.4 is 4.74 Å². The number of hydrogen-bond acceptors (Lipinski definition) is 3. The van der Waals surface area contributed by atoms with Gasteiger partial charge in [-0.1, -0.05) is 69.7 Å². The van der Waals surface area contributed by atoms with Crippen LogP contribution in [0.15, 0.2) is 54.7 Å². The van der Waals surface area contributed by atoms with E-state index in [4.69, 9.17) is 4.74 Å². The molecule has 3 heteroatoms. The van der Waals surface area contributed by atoms with E-state index in [-0.39, 0.29) is 0 Å². The third-order valence-electron chi connectivity index (χ3n) is 4.73. The van der Waals surface area contributed by atoms with E-state index < -0.39 is 0 Å². The van der Waals surface area contributed by atoms with Gasteiger partial charge < -0.3 is 4.74 Å². The molecular weight excluding hydrogens is 332 g/mol. The molecule has 3 aromatic rings. The number of pyridine rings is 1. The maximum atomic E-state index is 6.10. The molecule has 0 saturated carbocycles. The van der Waals surface area contributed by atoms with E-state index in [1.807, 2.05) is 12.3 Å². The number of ether oxygens (including phenoxy) is 1. The summed E-state index contributed by atoms with van der Waals surface area (Å²) in [5.41, 5.74) is 5.00. The minimum Gasteiger partial charge on any atom is -0.475 e. The number of hydrogen-bond donors (Lipinski definition) is 0. The summed E-state index contributed by atoms with van der Waals surface area (Å²) in [5.74, 6) is 0.971. The largest absolute Gasteiger partial charge is 0.475 e. The lowest BCUT2D eigenvalue weighted by Gasteiger charge is -2.30. The Bertz CT molecular complexity index is 861. The Morgan fingerprint density at radius 2 is 1.81 bits per heavy atom. The van der Waals surface area contributed by atoms with E-state index in [0.717, 1.165) is 37.2 Å². The lowest BCUT2D eigenvalue weighted by Crippen LogP contribution is -2.33. The lowest BCUT2D eigenvalue weighted by molar-refractivity contribution is 0.0980. The van der Waals surface area contributed by atoms with Crippen LogP contribution in [-0.2, 0) is 19.4 Å². The van der Waals surface area contributed by atoms with Crippen molar-refractivity contribution in [1.82, 2.24) is 9.88 Å². The van der Waals surface area contributed by atoms with Crippen molar-refractivity contribution in [2.75, 3.05) is 13.3 Å². The molecule has 0 fully saturated rings. The van der Waals surface area contributed by atoms with Crippen LogP contribution in [0.1, 0.15) is 43.9 Å². The van der Waals surface area contributed by atoms with Crippen LogP contribution in [0.3, 0.4) is 0 Å². The Balaban J connectivity index is 0.000000659. The molecule has 0 bridgehead atoms. The van der Waals surface area contributed by atoms with E-state index in [1.165, 1.54) is 28.5 Å². The number of benzene rings is 2. The van der Waals surface area contributed by atoms with Crippen LogP contribution in [0.4, 0.5) is 0 Å². The van der Waals surface area contributed by atoms with E-state index in [2.05, 4.69) is 73.1 Å². The summed E-state index contributed by atoms with van der Waals surface area (Å²) < 4.78 is 6.10. The van der Waals surface area contributed by atoms with Crippen molar-refractivity contribution in [3.8, 4) is 5.75 Å². The molecule has 0 spiro atoms. The standard InChI is InChI=1S/C21H22N2O.C3H8/c1-2-17-13-18-14-23(12-10-16-7-4-3-5-8-16)15-24-21(18)20-19(17)9-6-11-22-20;1-3-2/h3-9,11,13H,2,10,12,14-15H2,1H3;3H2,1-2H3. The van der Waals surface area contributed by atoms with Crippen molar-refractivity contribution in [2.45, 2.75) is 46.6 Å². The number of rotatable bonds is 4. The monoisotopic (exact) mass is 362 g/mol. The third-order valence-corrected chi connectivity index (χ3v) is 4.73. The van der Waals surface area contributed by atoms with E-state index >= 15 is 0 Å². The second kappa shape index (κ2) is 9.52. The fourth-order valence-corrected chi connectivity index (χ4v) is 3.44. The maximum absolute atomic E-state index is 6.10. The summed E-state index contributed by atoms with van der Waals surface area (Å²) in [6, 6.07) is 17.1. The Labute approximate surface area is 163 Å². The quantitative estimate of drug-likeness (QED) is 0.603. The number of nitrogens with zero attached hydrogens (tertiary/aromatic N) is 2. The fourth-order valence-electron chi connectivity index (χ4n) is 3.44. The molecule has 1 aliphatic heterocycles. The van der Waals surface area contributed by atoms with Crippen molar-refractivity contribution < 1.29 is 4.74 Å². The SMILES string of the molecule is CCC.CCc1cc2c(c3ncccc13)OCN(CCc1ccccc1)C2. The van der Waals surface area contributed by atoms with Crippen molar-refractivity contribution in [2.24, 2.45) is 0 Å². The number of aryl methyl sites for hydroxylation is 1. The van der Waals surface area contributed by atoms with E-state index in [1.54, 1.807) is 0 Å². The highest BCUT2D eigenvalue weighted by Crippen LogP contribution is 2.34. The molecule has 0 saturated heterocycles. The highest BCUT2D eigenvalue weighted by atomic mass is 16.5. The Morgan fingerprint density at radius 1 is 1.04 bits per heavy atom. The van der Waals surface area contributed by atoms with Gasteiger partial charge >= 0.3 is 0 Å². The van der Waals surface area contributed by atoms with E-state index in [0.29, 0.717) is 6.73 Å². The first-order valence-corrected chi connectivity index (χ1v) is 10.0. The summed E-state index contributed by atoms with van der Waals surface area (Å²) in [5, 5.41) is 1.22. The molecule has 2 aromatic carbocycles. The molecule has 0 N–H and O–H groups in total. The minimum absolute atomic E-state index is 0.636. The molecule has 2 heterocycles. The van der Waals surface area contributed by atoms with Gasteiger partial charge in [0, 0.05) is 30.2 Å². The molecule has 0 unspecified atom stereocenters. The van der Waals surface area contributed by atoms with Crippen molar-refractivity contribution in [1.29, 1.82) is 0 Å². The Hall–Kier alpha value is -2.39. The van der Waals surface area contributed by atoms with Crippen LogP contribution in [0.25, 0.3) is 10.9 Å². The van der Waals surface area contributed by atoms with Crippen molar-refractivity contribution in [3.63, 3.8) is 0 Å². The predicted octanol–water partition coefficient (Wildman–Crippen LogP) is 5.61. The first-order valence-electron chi connectivity index (χ1n) is 10.0. The van der Waals surface area contributed by atoms with Crippen LogP contribution in [0.5, 0.6) is 5.75 Å². The first-order chi connectivity index (χ1) is 13.3. The summed E-state index contributed by atoms with van der Waals surface area (Å²) >= 11 is 0. The van der Waals surface area contributed by atoms with Crippen LogP contribution in [0, 0.1) is 0 Å². The molecule has 3 nitrogen and oxygen atoms in total. The predicted molar refractivity (Wildman–Crippen MR) is 113 cm³/mol. The van der Waals surface area contributed by atoms with Crippen LogP contribution >= 0.6 is 0 Å². The topological polar surface area (TPSA) is 25.4 Å². The number of fused-ring (bicyclic) bond motifs is 3. The normalized spacial score (nSPS) is 13.4. The third kappa shape index (κ3) is 4.67. The van der Waals surface area contributed by atoms with Gasteiger partial charge in [-0.25, -0.2) is 0 Å². The zero-order valence-electron chi connectivity index (χ0n) is 16.7. The van der Waals surface area contributed by atoms with Gasteiger partial charge in [0.1, 0.15) is 12.2 Å². The molecular formula is C24H30N2O. The molecule has 27 heavy (non-hydrogen) atoms. The average Bonchev–Trinajstić information content (AvgIpc) is 2.72. The highest BCUT2D eigenvalue weighted by molar-refractivity contribution is 5.89. The van der Waals surface area contributed by atoms with Gasteiger partial charge in [-0.15, -0.1) is 0 Å². The van der Waals surface area contributed by atoms with Gasteiger partial charge in [0.2, 0.25) is 0 Å². The fraction of sp³-hybridized carbons (Fsp3) is 0.375. The highest BCUT2D eigenvalue weighted by Gasteiger charge is 2.21. The smallest absolute Gasteiger partial charge is 0.152 e. The first kappa shape index (κ1) is 19.4. The van der Waals surface area contributed by atoms with Gasteiger partial charge in [0.25, 0.3) is 0 Å². The van der Waals surface area contributed by atoms with Gasteiger partial charge in [-0.2, -0.15) is 0 Å². The van der Waals surface area contributed by atoms with Crippen LogP contribution in [-0.4, -0.2) is 23.2 Å². The molecule has 1 aliphatic rings. The maximum Gasteiger partial charge on any atom is 0.152 e. The second-order valence-corrected chi connectivity index (χ2v) is 7.05. The Kier molecular flexibility index (Phi) is 6.83. The lowest BCUT2D eigenvalue weighted by atomic mass is 10.00. The molecule has 0 aliphatic carbocycles. The van der Waals surface area contributed by atoms with Crippen molar-refractivity contribution in [3.05, 3.63) is 71.4 Å². The molecule has 0 radical (unpaired) electrons. The van der Waals surface area contributed by atoms with Gasteiger partial charge in [-0.3, -0.25) is 9.88 Å². The minimum atomic E-state index is 0.636. The molecule has 1 aromatic heterocycles. The molecule has 0 atom stereocenters. The zero-order chi connectivity index (χ0) is 19.1. The second-order valence-electron chi connectivity index (χ2n) is 7.05. The average molecular weight is 363 g/mol. The molecule has 4 rings (SSSR count). The van der Waals surface area contributed by atoms with Crippen LogP contribution in [0.2, 0.25) is 0 Å². The van der Waals surface area contributed by atoms with E-state index in [9.17, 15) is 0 Å². The number of aromatic nitrogens is 1. The zero-order valence-corrected chi connectivity index (χ0v) is 16.7. The summed E-state index contributed by atoms with van der Waals surface area (Å²) in [7, 11) is 0. The van der Waals surface area contributed by atoms with Gasteiger partial charge in [0.15, 0.2) is 5.75 Å². The van der Waals surface area contributed by atoms with Gasteiger partial charge in [-0.05, 0) is 30.0 Å². The summed E-state index contributed by atoms with van der Waals surface area (Å²) in [4.78, 5) is 6.94.